The number of para-hydroxylation sites is 4. The summed E-state index contributed by atoms with van der Waals surface area (Å²) >= 11 is 1.85. The van der Waals surface area contributed by atoms with Crippen LogP contribution in [0, 0.1) is 0 Å². The Bertz CT molecular complexity index is 2350. The molecule has 0 amide bonds. The highest BCUT2D eigenvalue weighted by atomic mass is 32.1. The Morgan fingerprint density at radius 1 is 0.487 bits per heavy atom. The van der Waals surface area contributed by atoms with Gasteiger partial charge >= 0.3 is 0 Å². The fourth-order valence-electron chi connectivity index (χ4n) is 6.25. The molecule has 6 aromatic carbocycles. The normalized spacial score (nSPS) is 12.1. The average molecular weight is 516 g/mol. The maximum Gasteiger partial charge on any atom is 0.143 e. The quantitative estimate of drug-likeness (QED) is 0.224. The number of furan rings is 1. The molecule has 0 unspecified atom stereocenters. The molecule has 0 saturated heterocycles. The van der Waals surface area contributed by atoms with Crippen LogP contribution in [-0.2, 0) is 0 Å². The average Bonchev–Trinajstić information content (AvgIpc) is 3.66. The highest BCUT2D eigenvalue weighted by molar-refractivity contribution is 7.25. The molecule has 0 fully saturated rings. The maximum absolute atomic E-state index is 6.34. The SMILES string of the molecule is c1ccc2c(c1)oc1c(-c3ccc4c(c3)sc3ccc(-n5c6ccccc6c6ccccc65)cc34)cccc12. The number of hydrogen-bond donors (Lipinski definition) is 0. The van der Waals surface area contributed by atoms with Crippen LogP contribution in [0.2, 0.25) is 0 Å². The van der Waals surface area contributed by atoms with Crippen molar-refractivity contribution in [3.05, 3.63) is 127 Å². The first-order valence-corrected chi connectivity index (χ1v) is 14.0. The van der Waals surface area contributed by atoms with Gasteiger partial charge in [0.25, 0.3) is 0 Å². The van der Waals surface area contributed by atoms with Crippen LogP contribution in [-0.4, -0.2) is 4.57 Å². The second-order valence-electron chi connectivity index (χ2n) is 10.1. The smallest absolute Gasteiger partial charge is 0.143 e. The summed E-state index contributed by atoms with van der Waals surface area (Å²) in [5.74, 6) is 0. The largest absolute Gasteiger partial charge is 0.455 e. The third kappa shape index (κ3) is 2.96. The summed E-state index contributed by atoms with van der Waals surface area (Å²) in [5, 5.41) is 7.48. The van der Waals surface area contributed by atoms with Gasteiger partial charge in [-0.2, -0.15) is 0 Å². The molecule has 0 aliphatic rings. The van der Waals surface area contributed by atoms with Crippen LogP contribution in [0.3, 0.4) is 0 Å². The number of fused-ring (bicyclic) bond motifs is 9. The fourth-order valence-corrected chi connectivity index (χ4v) is 7.37. The van der Waals surface area contributed by atoms with Gasteiger partial charge in [-0.15, -0.1) is 11.3 Å². The number of thiophene rings is 1. The molecule has 0 saturated carbocycles. The molecule has 182 valence electrons. The Morgan fingerprint density at radius 2 is 1.21 bits per heavy atom. The van der Waals surface area contributed by atoms with Crippen LogP contribution >= 0.6 is 11.3 Å². The molecule has 2 nitrogen and oxygen atoms in total. The van der Waals surface area contributed by atoms with E-state index in [1.54, 1.807) is 0 Å². The van der Waals surface area contributed by atoms with Gasteiger partial charge < -0.3 is 8.98 Å². The van der Waals surface area contributed by atoms with Gasteiger partial charge in [0.2, 0.25) is 0 Å². The van der Waals surface area contributed by atoms with Crippen molar-refractivity contribution in [1.82, 2.24) is 4.57 Å². The Balaban J connectivity index is 1.25. The van der Waals surface area contributed by atoms with Gasteiger partial charge in [0, 0.05) is 53.0 Å². The molecule has 3 heterocycles. The zero-order valence-electron chi connectivity index (χ0n) is 20.9. The van der Waals surface area contributed by atoms with Crippen molar-refractivity contribution in [2.45, 2.75) is 0 Å². The summed E-state index contributed by atoms with van der Waals surface area (Å²) in [6.07, 6.45) is 0. The fraction of sp³-hybridized carbons (Fsp3) is 0. The predicted octanol–water partition coefficient (Wildman–Crippen LogP) is 10.7. The Kier molecular flexibility index (Phi) is 4.24. The molecule has 9 aromatic rings. The zero-order chi connectivity index (χ0) is 25.5. The number of hydrogen-bond acceptors (Lipinski definition) is 2. The highest BCUT2D eigenvalue weighted by Gasteiger charge is 2.15. The lowest BCUT2D eigenvalue weighted by atomic mass is 10.0. The van der Waals surface area contributed by atoms with E-state index in [4.69, 9.17) is 4.42 Å². The minimum atomic E-state index is 0.931. The van der Waals surface area contributed by atoms with Gasteiger partial charge in [-0.3, -0.25) is 0 Å². The first-order chi connectivity index (χ1) is 19.3. The van der Waals surface area contributed by atoms with Crippen molar-refractivity contribution in [1.29, 1.82) is 0 Å². The Labute approximate surface area is 227 Å². The van der Waals surface area contributed by atoms with Gasteiger partial charge in [-0.25, -0.2) is 0 Å². The lowest BCUT2D eigenvalue weighted by Crippen LogP contribution is -1.93. The molecule has 0 atom stereocenters. The monoisotopic (exact) mass is 515 g/mol. The van der Waals surface area contributed by atoms with Gasteiger partial charge in [0.1, 0.15) is 11.2 Å². The van der Waals surface area contributed by atoms with Crippen molar-refractivity contribution in [3.8, 4) is 16.8 Å². The molecule has 0 spiro atoms. The van der Waals surface area contributed by atoms with E-state index in [9.17, 15) is 0 Å². The second kappa shape index (κ2) is 7.83. The number of nitrogens with zero attached hydrogens (tertiary/aromatic N) is 1. The molecule has 39 heavy (non-hydrogen) atoms. The number of rotatable bonds is 2. The van der Waals surface area contributed by atoms with Crippen LogP contribution in [0.4, 0.5) is 0 Å². The van der Waals surface area contributed by atoms with Gasteiger partial charge in [-0.05, 0) is 48.0 Å². The summed E-state index contributed by atoms with van der Waals surface area (Å²) in [6, 6.07) is 45.8. The molecule has 0 bridgehead atoms. The third-order valence-corrected chi connectivity index (χ3v) is 9.14. The predicted molar refractivity (Wildman–Crippen MR) is 166 cm³/mol. The molecule has 9 rings (SSSR count). The molecule has 0 radical (unpaired) electrons. The summed E-state index contributed by atoms with van der Waals surface area (Å²) in [4.78, 5) is 0. The second-order valence-corrected chi connectivity index (χ2v) is 11.2. The topological polar surface area (TPSA) is 18.1 Å². The van der Waals surface area contributed by atoms with Gasteiger partial charge in [-0.1, -0.05) is 84.9 Å². The summed E-state index contributed by atoms with van der Waals surface area (Å²) in [5.41, 5.74) is 7.86. The van der Waals surface area contributed by atoms with Crippen LogP contribution in [0.5, 0.6) is 0 Å². The van der Waals surface area contributed by atoms with Crippen molar-refractivity contribution >= 4 is 75.3 Å². The minimum absolute atomic E-state index is 0.931. The Morgan fingerprint density at radius 3 is 2.03 bits per heavy atom. The molecular weight excluding hydrogens is 494 g/mol. The standard InChI is InChI=1S/C36H21NOS/c1-4-13-31-25(8-1)26-9-2-5-14-32(26)37(31)23-17-19-34-30(21-23)28-18-16-22(20-35(28)39-34)24-11-7-12-29-27-10-3-6-15-33(27)38-36(24)29/h1-21H. The molecular formula is C36H21NOS. The van der Waals surface area contributed by atoms with Crippen LogP contribution < -0.4 is 0 Å². The summed E-state index contributed by atoms with van der Waals surface area (Å²) in [6.45, 7) is 0. The summed E-state index contributed by atoms with van der Waals surface area (Å²) < 4.78 is 11.3. The molecule has 0 aliphatic heterocycles. The maximum atomic E-state index is 6.34. The van der Waals surface area contributed by atoms with E-state index in [-0.39, 0.29) is 0 Å². The first-order valence-electron chi connectivity index (χ1n) is 13.2. The van der Waals surface area contributed by atoms with E-state index in [1.807, 2.05) is 23.5 Å². The first kappa shape index (κ1) is 21.1. The molecule has 3 heteroatoms. The third-order valence-electron chi connectivity index (χ3n) is 8.01. The highest BCUT2D eigenvalue weighted by Crippen LogP contribution is 2.41. The van der Waals surface area contributed by atoms with Crippen LogP contribution in [0.25, 0.3) is 80.7 Å². The molecule has 0 aliphatic carbocycles. The van der Waals surface area contributed by atoms with Gasteiger partial charge in [0.05, 0.1) is 11.0 Å². The van der Waals surface area contributed by atoms with Crippen molar-refractivity contribution in [2.75, 3.05) is 0 Å². The van der Waals surface area contributed by atoms with Crippen LogP contribution in [0.15, 0.2) is 132 Å². The lowest BCUT2D eigenvalue weighted by molar-refractivity contribution is 0.670. The van der Waals surface area contributed by atoms with Crippen LogP contribution in [0.1, 0.15) is 0 Å². The number of aromatic nitrogens is 1. The number of benzene rings is 6. The van der Waals surface area contributed by atoms with E-state index in [1.165, 1.54) is 53.2 Å². The molecule has 0 N–H and O–H groups in total. The van der Waals surface area contributed by atoms with E-state index in [0.717, 1.165) is 27.5 Å². The van der Waals surface area contributed by atoms with Crippen molar-refractivity contribution in [2.24, 2.45) is 0 Å². The molecule has 3 aromatic heterocycles. The zero-order valence-corrected chi connectivity index (χ0v) is 21.7. The van der Waals surface area contributed by atoms with Crippen molar-refractivity contribution < 1.29 is 4.42 Å². The van der Waals surface area contributed by atoms with Crippen molar-refractivity contribution in [3.63, 3.8) is 0 Å². The van der Waals surface area contributed by atoms with E-state index >= 15 is 0 Å². The van der Waals surface area contributed by atoms with E-state index in [2.05, 4.69) is 120 Å². The van der Waals surface area contributed by atoms with Gasteiger partial charge in [0.15, 0.2) is 0 Å². The van der Waals surface area contributed by atoms with E-state index in [0.29, 0.717) is 0 Å². The van der Waals surface area contributed by atoms with E-state index < -0.39 is 0 Å². The lowest BCUT2D eigenvalue weighted by Gasteiger charge is -2.08. The Hall–Kier alpha value is -4.86. The summed E-state index contributed by atoms with van der Waals surface area (Å²) in [7, 11) is 0. The minimum Gasteiger partial charge on any atom is -0.455 e.